The van der Waals surface area contributed by atoms with Crippen LogP contribution in [0.1, 0.15) is 108 Å². The van der Waals surface area contributed by atoms with Crippen LogP contribution < -0.4 is 5.32 Å². The molecule has 2 aromatic heterocycles. The minimum atomic E-state index is 0.236. The smallest absolute Gasteiger partial charge is 0.129 e. The average molecular weight is 544 g/mol. The number of anilines is 1. The summed E-state index contributed by atoms with van der Waals surface area (Å²) in [6.45, 7) is 22.1. The van der Waals surface area contributed by atoms with Crippen LogP contribution in [0.25, 0.3) is 0 Å². The summed E-state index contributed by atoms with van der Waals surface area (Å²) in [4.78, 5) is 14.7. The maximum atomic E-state index is 4.89. The lowest BCUT2D eigenvalue weighted by molar-refractivity contribution is 0.264. The Hall–Kier alpha value is -2.82. The van der Waals surface area contributed by atoms with Gasteiger partial charge in [0.05, 0.1) is 11.9 Å². The maximum Gasteiger partial charge on any atom is 0.129 e. The number of hydrogen-bond donors (Lipinski definition) is 1. The quantitative estimate of drug-likeness (QED) is 0.182. The van der Waals surface area contributed by atoms with Crippen molar-refractivity contribution in [3.05, 3.63) is 77.5 Å². The zero-order valence-corrected chi connectivity index (χ0v) is 25.8. The topological polar surface area (TPSA) is 44.3 Å². The van der Waals surface area contributed by atoms with E-state index in [1.807, 2.05) is 0 Å². The van der Waals surface area contributed by atoms with E-state index < -0.39 is 0 Å². The molecule has 4 rings (SSSR count). The highest BCUT2D eigenvalue weighted by Gasteiger charge is 2.30. The van der Waals surface area contributed by atoms with Crippen LogP contribution in [0.15, 0.2) is 55.0 Å². The summed E-state index contributed by atoms with van der Waals surface area (Å²) in [7, 11) is 0. The molecule has 2 aromatic rings. The van der Waals surface area contributed by atoms with Gasteiger partial charge in [0, 0.05) is 43.8 Å². The molecule has 0 radical (unpaired) electrons. The Morgan fingerprint density at radius 2 is 1.85 bits per heavy atom. The summed E-state index contributed by atoms with van der Waals surface area (Å²) in [5.41, 5.74) is 6.68. The Balaban J connectivity index is 1.29. The van der Waals surface area contributed by atoms with Gasteiger partial charge in [0.25, 0.3) is 0 Å². The van der Waals surface area contributed by atoms with Crippen LogP contribution in [0.5, 0.6) is 0 Å². The average Bonchev–Trinajstić information content (AvgIpc) is 3.29. The van der Waals surface area contributed by atoms with Gasteiger partial charge in [-0.25, -0.2) is 4.98 Å². The minimum absolute atomic E-state index is 0.236. The molecule has 0 spiro atoms. The third-order valence-corrected chi connectivity index (χ3v) is 8.73. The van der Waals surface area contributed by atoms with Crippen molar-refractivity contribution in [2.24, 2.45) is 5.41 Å². The number of rotatable bonds is 15. The Kier molecular flexibility index (Phi) is 10.7. The fraction of sp³-hybridized carbons (Fsp3) is 0.600. The molecule has 0 bridgehead atoms. The molecule has 218 valence electrons. The molecule has 0 unspecified atom stereocenters. The van der Waals surface area contributed by atoms with E-state index in [4.69, 9.17) is 9.97 Å². The van der Waals surface area contributed by atoms with Gasteiger partial charge in [-0.15, -0.1) is 6.58 Å². The van der Waals surface area contributed by atoms with Crippen LogP contribution in [0.4, 0.5) is 5.82 Å². The molecular weight excluding hydrogens is 490 g/mol. The third kappa shape index (κ3) is 8.34. The summed E-state index contributed by atoms with van der Waals surface area (Å²) in [5, 5.41) is 3.46. The maximum absolute atomic E-state index is 4.89. The minimum Gasteiger partial charge on any atom is -0.370 e. The first-order valence-corrected chi connectivity index (χ1v) is 15.8. The predicted molar refractivity (Wildman–Crippen MR) is 169 cm³/mol. The van der Waals surface area contributed by atoms with Gasteiger partial charge in [0.2, 0.25) is 0 Å². The second-order valence-electron chi connectivity index (χ2n) is 12.9. The summed E-state index contributed by atoms with van der Waals surface area (Å²) in [5.74, 6) is 2.23. The number of hydrogen-bond acceptors (Lipinski definition) is 5. The first-order chi connectivity index (χ1) is 19.3. The van der Waals surface area contributed by atoms with E-state index in [1.54, 1.807) is 0 Å². The zero-order valence-electron chi connectivity index (χ0n) is 25.8. The Morgan fingerprint density at radius 3 is 2.60 bits per heavy atom. The van der Waals surface area contributed by atoms with E-state index in [2.05, 4.69) is 86.4 Å². The molecule has 4 heterocycles. The second-order valence-corrected chi connectivity index (χ2v) is 12.9. The fourth-order valence-corrected chi connectivity index (χ4v) is 6.43. The number of unbranched alkanes of at least 4 members (excludes halogenated alkanes) is 1. The third-order valence-electron chi connectivity index (χ3n) is 8.73. The number of aromatic nitrogens is 2. The van der Waals surface area contributed by atoms with Gasteiger partial charge in [0.15, 0.2) is 0 Å². The number of nitrogens with zero attached hydrogens (tertiary/aromatic N) is 4. The lowest BCUT2D eigenvalue weighted by Gasteiger charge is -2.32. The van der Waals surface area contributed by atoms with Gasteiger partial charge < -0.3 is 15.1 Å². The molecule has 0 saturated carbocycles. The van der Waals surface area contributed by atoms with E-state index in [0.717, 1.165) is 69.9 Å². The van der Waals surface area contributed by atoms with Crippen molar-refractivity contribution in [2.45, 2.75) is 104 Å². The van der Waals surface area contributed by atoms with Gasteiger partial charge in [0.1, 0.15) is 5.82 Å². The van der Waals surface area contributed by atoms with Crippen LogP contribution in [-0.4, -0.2) is 45.9 Å². The monoisotopic (exact) mass is 543 g/mol. The molecule has 5 nitrogen and oxygen atoms in total. The molecule has 40 heavy (non-hydrogen) atoms. The van der Waals surface area contributed by atoms with Crippen LogP contribution in [-0.2, 0) is 19.3 Å². The molecule has 0 aliphatic carbocycles. The molecule has 0 amide bonds. The van der Waals surface area contributed by atoms with Gasteiger partial charge in [-0.05, 0) is 93.4 Å². The van der Waals surface area contributed by atoms with E-state index >= 15 is 0 Å². The molecule has 2 aliphatic rings. The summed E-state index contributed by atoms with van der Waals surface area (Å²) >= 11 is 0. The summed E-state index contributed by atoms with van der Waals surface area (Å²) in [6.07, 6.45) is 14.9. The van der Waals surface area contributed by atoms with Crippen LogP contribution >= 0.6 is 0 Å². The molecule has 2 aliphatic heterocycles. The van der Waals surface area contributed by atoms with E-state index in [-0.39, 0.29) is 6.04 Å². The van der Waals surface area contributed by atoms with E-state index in [0.29, 0.717) is 5.41 Å². The van der Waals surface area contributed by atoms with Crippen molar-refractivity contribution < 1.29 is 0 Å². The highest BCUT2D eigenvalue weighted by atomic mass is 15.4. The van der Waals surface area contributed by atoms with E-state index in [9.17, 15) is 0 Å². The molecule has 1 saturated heterocycles. The number of pyridine rings is 2. The highest BCUT2D eigenvalue weighted by molar-refractivity contribution is 5.47. The summed E-state index contributed by atoms with van der Waals surface area (Å²) < 4.78 is 0. The SMILES string of the molecule is C=C(C)C[C@@H](c1ccc(CCCCC(C)(C)CCC)nc1)N1CCN(CCCc2ccc3c(n2)NCCC3)C1=C. The van der Waals surface area contributed by atoms with Crippen LogP contribution in [0, 0.1) is 5.41 Å². The Morgan fingerprint density at radius 1 is 1.05 bits per heavy atom. The molecule has 1 fully saturated rings. The lowest BCUT2D eigenvalue weighted by atomic mass is 9.83. The van der Waals surface area contributed by atoms with Crippen molar-refractivity contribution in [2.75, 3.05) is 31.5 Å². The zero-order chi connectivity index (χ0) is 28.5. The molecular formula is C35H53N5. The number of fused-ring (bicyclic) bond motifs is 1. The predicted octanol–water partition coefficient (Wildman–Crippen LogP) is 8.10. The lowest BCUT2D eigenvalue weighted by Crippen LogP contribution is -2.27. The summed E-state index contributed by atoms with van der Waals surface area (Å²) in [6, 6.07) is 9.25. The number of nitrogens with one attached hydrogen (secondary N) is 1. The first kappa shape index (κ1) is 30.1. The van der Waals surface area contributed by atoms with Crippen molar-refractivity contribution in [3.8, 4) is 0 Å². The van der Waals surface area contributed by atoms with Gasteiger partial charge >= 0.3 is 0 Å². The first-order valence-electron chi connectivity index (χ1n) is 15.8. The standard InChI is InChI=1S/C35H53N5/c1-7-19-35(5,6)20-9-8-13-31-17-16-30(26-37-31)33(25-27(2)3)40-24-23-39(28(40)4)22-11-14-32-18-15-29-12-10-21-36-34(29)38-32/h15-18,26,33H,2,4,7-14,19-25H2,1,3,5-6H3,(H,36,38)/t33-/m0/s1. The Bertz CT molecular complexity index is 1120. The van der Waals surface area contributed by atoms with Crippen LogP contribution in [0.2, 0.25) is 0 Å². The largest absolute Gasteiger partial charge is 0.370 e. The van der Waals surface area contributed by atoms with Crippen molar-refractivity contribution in [1.82, 2.24) is 19.8 Å². The molecule has 1 N–H and O–H groups in total. The van der Waals surface area contributed by atoms with Crippen molar-refractivity contribution in [1.29, 1.82) is 0 Å². The molecule has 5 heteroatoms. The van der Waals surface area contributed by atoms with E-state index in [1.165, 1.54) is 66.6 Å². The second kappa shape index (κ2) is 14.2. The normalized spacial score (nSPS) is 16.1. The molecule has 1 atom stereocenters. The van der Waals surface area contributed by atoms with Gasteiger partial charge in [-0.1, -0.05) is 57.9 Å². The van der Waals surface area contributed by atoms with Gasteiger partial charge in [-0.2, -0.15) is 0 Å². The Labute approximate surface area is 244 Å². The van der Waals surface area contributed by atoms with Crippen molar-refractivity contribution >= 4 is 5.82 Å². The van der Waals surface area contributed by atoms with Crippen LogP contribution in [0.3, 0.4) is 0 Å². The molecule has 0 aromatic carbocycles. The van der Waals surface area contributed by atoms with Crippen molar-refractivity contribution in [3.63, 3.8) is 0 Å². The highest BCUT2D eigenvalue weighted by Crippen LogP contribution is 2.34. The fourth-order valence-electron chi connectivity index (χ4n) is 6.43. The number of aryl methyl sites for hydroxylation is 3. The van der Waals surface area contributed by atoms with Gasteiger partial charge in [-0.3, -0.25) is 4.98 Å².